The second kappa shape index (κ2) is 13.1. The lowest BCUT2D eigenvalue weighted by Crippen LogP contribution is -2.27. The van der Waals surface area contributed by atoms with Gasteiger partial charge in [0.1, 0.15) is 5.75 Å². The molecule has 5 nitrogen and oxygen atoms in total. The van der Waals surface area contributed by atoms with Crippen LogP contribution in [0.4, 0.5) is 0 Å². The van der Waals surface area contributed by atoms with E-state index in [1.807, 2.05) is 51.1 Å². The van der Waals surface area contributed by atoms with Crippen LogP contribution in [0.5, 0.6) is 5.75 Å². The van der Waals surface area contributed by atoms with Crippen molar-refractivity contribution in [1.82, 2.24) is 9.88 Å². The molecule has 1 heterocycles. The van der Waals surface area contributed by atoms with Gasteiger partial charge in [-0.25, -0.2) is 0 Å². The zero-order valence-electron chi connectivity index (χ0n) is 20.5. The number of ether oxygens (including phenoxy) is 2. The first-order chi connectivity index (χ1) is 15.6. The number of hydrogen-bond acceptors (Lipinski definition) is 3. The van der Waals surface area contributed by atoms with E-state index in [9.17, 15) is 4.79 Å². The van der Waals surface area contributed by atoms with Gasteiger partial charge in [0.05, 0.1) is 19.3 Å². The van der Waals surface area contributed by atoms with Crippen molar-refractivity contribution in [3.05, 3.63) is 47.7 Å². The lowest BCUT2D eigenvalue weighted by atomic mass is 9.89. The van der Waals surface area contributed by atoms with E-state index in [0.717, 1.165) is 40.4 Å². The highest BCUT2D eigenvalue weighted by Crippen LogP contribution is 2.34. The first-order valence-corrected chi connectivity index (χ1v) is 11.9. The molecule has 1 aromatic carbocycles. The molecule has 2 aromatic rings. The van der Waals surface area contributed by atoms with Crippen LogP contribution in [0.3, 0.4) is 0 Å². The Morgan fingerprint density at radius 2 is 1.94 bits per heavy atom. The molecule has 0 spiro atoms. The summed E-state index contributed by atoms with van der Waals surface area (Å²) in [6.45, 7) is 12.0. The monoisotopic (exact) mass is 442 g/mol. The van der Waals surface area contributed by atoms with Gasteiger partial charge in [-0.05, 0) is 49.4 Å². The van der Waals surface area contributed by atoms with Gasteiger partial charge in [-0.15, -0.1) is 0 Å². The Labute approximate surface area is 195 Å². The summed E-state index contributed by atoms with van der Waals surface area (Å²) >= 11 is 0. The SMILES string of the molecule is C=Cc1ccc(OC)cc1-c1cc(C(=O)NCCOC)c(C)n1CC1CCCCC1.CC.[HH]. The maximum atomic E-state index is 12.9. The van der Waals surface area contributed by atoms with E-state index in [1.165, 1.54) is 32.1 Å². The molecule has 0 aliphatic heterocycles. The smallest absolute Gasteiger partial charge is 0.253 e. The standard InChI is InChI=1S/C25H34N2O3.C2H6.H2/c1-5-20-11-12-21(30-4)15-23(20)24-16-22(25(28)26-13-14-29-3)18(2)27(24)17-19-9-7-6-8-10-19;1-2;/h5,11-12,15-16,19H,1,6-10,13-14,17H2,2-4H3,(H,26,28);1-2H3;1H. The lowest BCUT2D eigenvalue weighted by Gasteiger charge is -2.24. The van der Waals surface area contributed by atoms with Crippen LogP contribution in [-0.2, 0) is 11.3 Å². The minimum absolute atomic E-state index is 0. The van der Waals surface area contributed by atoms with Crippen molar-refractivity contribution in [1.29, 1.82) is 0 Å². The normalized spacial score (nSPS) is 13.8. The highest BCUT2D eigenvalue weighted by atomic mass is 16.5. The molecule has 5 heteroatoms. The average Bonchev–Trinajstić information content (AvgIpc) is 3.16. The van der Waals surface area contributed by atoms with Crippen LogP contribution < -0.4 is 10.1 Å². The number of amides is 1. The number of carbonyl (C=O) groups is 1. The van der Waals surface area contributed by atoms with Gasteiger partial charge in [-0.3, -0.25) is 4.79 Å². The molecule has 1 amide bonds. The second-order valence-electron chi connectivity index (χ2n) is 8.05. The number of benzene rings is 1. The number of carbonyl (C=O) groups excluding carboxylic acids is 1. The van der Waals surface area contributed by atoms with Gasteiger partial charge in [-0.1, -0.05) is 51.8 Å². The molecule has 1 N–H and O–H groups in total. The van der Waals surface area contributed by atoms with Gasteiger partial charge in [0.15, 0.2) is 0 Å². The maximum absolute atomic E-state index is 12.9. The second-order valence-corrected chi connectivity index (χ2v) is 8.05. The molecular formula is C27H42N2O3. The number of nitrogens with one attached hydrogen (secondary N) is 1. The quantitative estimate of drug-likeness (QED) is 0.461. The molecule has 3 rings (SSSR count). The Bertz CT molecular complexity index is 886. The Hall–Kier alpha value is -2.53. The van der Waals surface area contributed by atoms with Crippen LogP contribution >= 0.6 is 0 Å². The highest BCUT2D eigenvalue weighted by molar-refractivity contribution is 5.97. The van der Waals surface area contributed by atoms with Crippen molar-refractivity contribution in [2.75, 3.05) is 27.4 Å². The summed E-state index contributed by atoms with van der Waals surface area (Å²) < 4.78 is 12.9. The molecule has 0 bridgehead atoms. The van der Waals surface area contributed by atoms with Crippen molar-refractivity contribution in [2.24, 2.45) is 5.92 Å². The topological polar surface area (TPSA) is 52.5 Å². The summed E-state index contributed by atoms with van der Waals surface area (Å²) in [6, 6.07) is 8.02. The van der Waals surface area contributed by atoms with E-state index < -0.39 is 0 Å². The van der Waals surface area contributed by atoms with Gasteiger partial charge in [0.25, 0.3) is 5.91 Å². The van der Waals surface area contributed by atoms with Crippen LogP contribution in [0.2, 0.25) is 0 Å². The predicted molar refractivity (Wildman–Crippen MR) is 135 cm³/mol. The zero-order chi connectivity index (χ0) is 23.5. The highest BCUT2D eigenvalue weighted by Gasteiger charge is 2.23. The molecule has 0 saturated heterocycles. The number of aromatic nitrogens is 1. The minimum atomic E-state index is -0.0590. The Morgan fingerprint density at radius 1 is 1.22 bits per heavy atom. The third-order valence-electron chi connectivity index (χ3n) is 6.12. The Kier molecular flexibility index (Phi) is 10.5. The van der Waals surface area contributed by atoms with Crippen LogP contribution in [0.15, 0.2) is 30.8 Å². The molecule has 178 valence electrons. The van der Waals surface area contributed by atoms with Gasteiger partial charge < -0.3 is 19.4 Å². The van der Waals surface area contributed by atoms with Gasteiger partial charge in [0.2, 0.25) is 0 Å². The fourth-order valence-corrected chi connectivity index (χ4v) is 4.39. The van der Waals surface area contributed by atoms with Crippen molar-refractivity contribution in [3.8, 4) is 17.0 Å². The third-order valence-corrected chi connectivity index (χ3v) is 6.12. The summed E-state index contributed by atoms with van der Waals surface area (Å²) in [5, 5.41) is 2.97. The van der Waals surface area contributed by atoms with Crippen LogP contribution in [0.25, 0.3) is 17.3 Å². The molecule has 1 fully saturated rings. The molecule has 1 saturated carbocycles. The van der Waals surface area contributed by atoms with Gasteiger partial charge >= 0.3 is 0 Å². The van der Waals surface area contributed by atoms with Crippen molar-refractivity contribution in [2.45, 2.75) is 59.4 Å². The van der Waals surface area contributed by atoms with E-state index in [2.05, 4.69) is 16.5 Å². The first kappa shape index (κ1) is 25.7. The maximum Gasteiger partial charge on any atom is 0.253 e. The van der Waals surface area contributed by atoms with E-state index in [4.69, 9.17) is 9.47 Å². The fraction of sp³-hybridized carbons (Fsp3) is 0.519. The number of hydrogen-bond donors (Lipinski definition) is 1. The lowest BCUT2D eigenvalue weighted by molar-refractivity contribution is 0.0936. The summed E-state index contributed by atoms with van der Waals surface area (Å²) in [4.78, 5) is 12.9. The summed E-state index contributed by atoms with van der Waals surface area (Å²) in [5.74, 6) is 1.38. The van der Waals surface area contributed by atoms with E-state index >= 15 is 0 Å². The minimum Gasteiger partial charge on any atom is -0.497 e. The van der Waals surface area contributed by atoms with E-state index in [1.54, 1.807) is 14.2 Å². The number of methoxy groups -OCH3 is 2. The average molecular weight is 443 g/mol. The predicted octanol–water partition coefficient (Wildman–Crippen LogP) is 6.34. The number of nitrogens with zero attached hydrogens (tertiary/aromatic N) is 1. The molecule has 0 atom stereocenters. The zero-order valence-corrected chi connectivity index (χ0v) is 20.5. The largest absolute Gasteiger partial charge is 0.497 e. The molecule has 1 aliphatic rings. The fourth-order valence-electron chi connectivity index (χ4n) is 4.39. The van der Waals surface area contributed by atoms with Crippen LogP contribution in [-0.4, -0.2) is 37.8 Å². The van der Waals surface area contributed by atoms with Gasteiger partial charge in [0, 0.05) is 38.6 Å². The molecule has 0 radical (unpaired) electrons. The first-order valence-electron chi connectivity index (χ1n) is 11.9. The van der Waals surface area contributed by atoms with Crippen molar-refractivity contribution < 1.29 is 15.7 Å². The van der Waals surface area contributed by atoms with Crippen molar-refractivity contribution in [3.63, 3.8) is 0 Å². The molecule has 1 aromatic heterocycles. The Morgan fingerprint density at radius 3 is 2.56 bits per heavy atom. The van der Waals surface area contributed by atoms with E-state index in [0.29, 0.717) is 19.1 Å². The molecule has 1 aliphatic carbocycles. The summed E-state index contributed by atoms with van der Waals surface area (Å²) in [6.07, 6.45) is 8.28. The van der Waals surface area contributed by atoms with Crippen LogP contribution in [0.1, 0.15) is 69.0 Å². The van der Waals surface area contributed by atoms with E-state index in [-0.39, 0.29) is 7.33 Å². The summed E-state index contributed by atoms with van der Waals surface area (Å²) in [7, 11) is 3.31. The number of rotatable bonds is 9. The molecule has 32 heavy (non-hydrogen) atoms. The van der Waals surface area contributed by atoms with Crippen molar-refractivity contribution >= 4 is 12.0 Å². The summed E-state index contributed by atoms with van der Waals surface area (Å²) in [5.41, 5.74) is 4.84. The molecular weight excluding hydrogens is 400 g/mol. The van der Waals surface area contributed by atoms with Crippen LogP contribution in [0, 0.1) is 12.8 Å². The molecule has 0 unspecified atom stereocenters. The van der Waals surface area contributed by atoms with Gasteiger partial charge in [-0.2, -0.15) is 0 Å². The third kappa shape index (κ3) is 6.26. The Balaban J connectivity index is 0.00000177.